The molecule has 0 bridgehead atoms. The van der Waals surface area contributed by atoms with E-state index < -0.39 is 21.0 Å². The third-order valence-corrected chi connectivity index (χ3v) is 14.7. The van der Waals surface area contributed by atoms with E-state index in [9.17, 15) is 18.1 Å². The fraction of sp³-hybridized carbons (Fsp3) is 0.943. The number of quaternary nitrogens is 1. The molecule has 7 heteroatoms. The van der Waals surface area contributed by atoms with Gasteiger partial charge in [-0.2, -0.15) is 8.42 Å². The summed E-state index contributed by atoms with van der Waals surface area (Å²) in [6.45, 7) is 14.2. The van der Waals surface area contributed by atoms with Crippen LogP contribution in [0.3, 0.4) is 0 Å². The molecule has 0 aromatic carbocycles. The van der Waals surface area contributed by atoms with Crippen LogP contribution in [0.1, 0.15) is 118 Å². The molecule has 0 aromatic heterocycles. The molecule has 0 radical (unpaired) electrons. The summed E-state index contributed by atoms with van der Waals surface area (Å²) in [6.07, 6.45) is 15.5. The molecule has 4 aliphatic rings. The minimum Gasteiger partial charge on any atom is -0.388 e. The zero-order valence-corrected chi connectivity index (χ0v) is 28.9. The van der Waals surface area contributed by atoms with Gasteiger partial charge < -0.3 is 15.3 Å². The third-order valence-electron chi connectivity index (χ3n) is 13.3. The Hall–Kier alpha value is -0.470. The number of nitrogens with zero attached hydrogens (tertiary/aromatic N) is 1. The Morgan fingerprint density at radius 3 is 2.33 bits per heavy atom. The maximum atomic E-state index is 12.7. The fourth-order valence-electron chi connectivity index (χ4n) is 10.8. The highest BCUT2D eigenvalue weighted by molar-refractivity contribution is 7.86. The highest BCUT2D eigenvalue weighted by Gasteiger charge is 2.61. The Bertz CT molecular complexity index is 1070. The molecule has 0 spiro atoms. The first-order valence-corrected chi connectivity index (χ1v) is 18.9. The number of allylic oxidation sites excluding steroid dienone is 1. The van der Waals surface area contributed by atoms with Crippen molar-refractivity contribution in [3.8, 4) is 0 Å². The van der Waals surface area contributed by atoms with Crippen LogP contribution in [0.15, 0.2) is 11.6 Å². The number of rotatable bonds is 13. The van der Waals surface area contributed by atoms with Crippen LogP contribution in [-0.4, -0.2) is 67.1 Å². The van der Waals surface area contributed by atoms with Gasteiger partial charge in [-0.15, -0.1) is 0 Å². The molecule has 0 aliphatic heterocycles. The zero-order chi connectivity index (χ0) is 31.1. The fourth-order valence-corrected chi connectivity index (χ4v) is 11.9. The molecule has 42 heavy (non-hydrogen) atoms. The van der Waals surface area contributed by atoms with E-state index in [0.717, 1.165) is 49.5 Å². The van der Waals surface area contributed by atoms with Crippen molar-refractivity contribution < 1.29 is 22.6 Å². The molecule has 0 amide bonds. The normalized spacial score (nSPS) is 38.4. The second kappa shape index (κ2) is 12.7. The van der Waals surface area contributed by atoms with E-state index >= 15 is 0 Å². The van der Waals surface area contributed by atoms with Crippen molar-refractivity contribution in [3.63, 3.8) is 0 Å². The lowest BCUT2D eigenvalue weighted by molar-refractivity contribution is -0.890. The average molecular weight is 610 g/mol. The first-order valence-electron chi connectivity index (χ1n) is 17.4. The molecule has 0 heterocycles. The monoisotopic (exact) mass is 609 g/mol. The molecule has 4 N–H and O–H groups in total. The first-order chi connectivity index (χ1) is 19.5. The van der Waals surface area contributed by atoms with Crippen molar-refractivity contribution >= 4 is 10.1 Å². The number of hydrogen-bond donors (Lipinski definition) is 3. The second-order valence-electron chi connectivity index (χ2n) is 16.9. The molecule has 4 aliphatic carbocycles. The summed E-state index contributed by atoms with van der Waals surface area (Å²) in [5.41, 5.74) is 5.98. The van der Waals surface area contributed by atoms with Crippen LogP contribution in [0, 0.1) is 46.3 Å². The average Bonchev–Trinajstić information content (AvgIpc) is 3.24. The Morgan fingerprint density at radius 1 is 0.976 bits per heavy atom. The number of aliphatic hydroxyl groups is 1. The van der Waals surface area contributed by atoms with Crippen molar-refractivity contribution in [2.45, 2.75) is 129 Å². The minimum atomic E-state index is -4.40. The van der Waals surface area contributed by atoms with E-state index in [-0.39, 0.29) is 11.8 Å². The molecule has 0 saturated heterocycles. The van der Waals surface area contributed by atoms with Gasteiger partial charge in [0.2, 0.25) is 0 Å². The summed E-state index contributed by atoms with van der Waals surface area (Å²) in [4.78, 5) is 0. The third kappa shape index (κ3) is 6.85. The molecule has 244 valence electrons. The largest absolute Gasteiger partial charge is 0.388 e. The van der Waals surface area contributed by atoms with Gasteiger partial charge in [-0.3, -0.25) is 4.55 Å². The Morgan fingerprint density at radius 2 is 1.69 bits per heavy atom. The maximum absolute atomic E-state index is 12.7. The summed E-state index contributed by atoms with van der Waals surface area (Å²) in [7, 11) is -0.267. The number of fused-ring (bicyclic) bond motifs is 5. The van der Waals surface area contributed by atoms with Gasteiger partial charge >= 0.3 is 0 Å². The Kier molecular flexibility index (Phi) is 10.4. The summed E-state index contributed by atoms with van der Waals surface area (Å²) in [6, 6.07) is 0. The Labute approximate surface area is 258 Å². The molecule has 2 unspecified atom stereocenters. The van der Waals surface area contributed by atoms with E-state index in [0.29, 0.717) is 47.7 Å². The summed E-state index contributed by atoms with van der Waals surface area (Å²) >= 11 is 0. The molecule has 9 atom stereocenters. The predicted molar refractivity (Wildman–Crippen MR) is 173 cm³/mol. The van der Waals surface area contributed by atoms with Crippen LogP contribution in [0.4, 0.5) is 0 Å². The van der Waals surface area contributed by atoms with Gasteiger partial charge in [-0.1, -0.05) is 65.5 Å². The van der Waals surface area contributed by atoms with Gasteiger partial charge in [-0.05, 0) is 104 Å². The SMILES string of the molecule is CC(C)CCC[C@@H](C)[C@H]1CC[C@H]2[C@@H]3CC=C4CC(O)(C(CC[N+](C)(C)CCCN)S(=O)(=O)O)CC[C@]4(C)[C@H]3CC[C@]12C. The van der Waals surface area contributed by atoms with Crippen molar-refractivity contribution in [1.29, 1.82) is 0 Å². The smallest absolute Gasteiger partial charge is 0.270 e. The Balaban J connectivity index is 1.49. The van der Waals surface area contributed by atoms with Gasteiger partial charge in [0.25, 0.3) is 10.1 Å². The first kappa shape index (κ1) is 34.4. The minimum absolute atomic E-state index is 0.0116. The number of hydrogen-bond acceptors (Lipinski definition) is 4. The van der Waals surface area contributed by atoms with Crippen LogP contribution in [0.25, 0.3) is 0 Å². The highest BCUT2D eigenvalue weighted by atomic mass is 32.2. The van der Waals surface area contributed by atoms with E-state index in [1.807, 2.05) is 0 Å². The van der Waals surface area contributed by atoms with Crippen molar-refractivity contribution in [1.82, 2.24) is 0 Å². The lowest BCUT2D eigenvalue weighted by Gasteiger charge is -2.59. The second-order valence-corrected chi connectivity index (χ2v) is 18.5. The van der Waals surface area contributed by atoms with Gasteiger partial charge in [0.15, 0.2) is 0 Å². The predicted octanol–water partition coefficient (Wildman–Crippen LogP) is 6.83. The lowest BCUT2D eigenvalue weighted by Crippen LogP contribution is -2.57. The van der Waals surface area contributed by atoms with E-state index in [1.165, 1.54) is 50.5 Å². The maximum Gasteiger partial charge on any atom is 0.270 e. The molecule has 0 aromatic rings. The number of nitrogens with two attached hydrogens (primary N) is 1. The topological polar surface area (TPSA) is 101 Å². The van der Waals surface area contributed by atoms with Crippen LogP contribution in [-0.2, 0) is 10.1 Å². The van der Waals surface area contributed by atoms with Gasteiger partial charge in [0, 0.05) is 12.8 Å². The molecule has 6 nitrogen and oxygen atoms in total. The van der Waals surface area contributed by atoms with Gasteiger partial charge in [0.1, 0.15) is 5.25 Å². The summed E-state index contributed by atoms with van der Waals surface area (Å²) in [5.74, 6) is 4.47. The van der Waals surface area contributed by atoms with Crippen LogP contribution < -0.4 is 5.73 Å². The zero-order valence-electron chi connectivity index (χ0n) is 28.1. The van der Waals surface area contributed by atoms with Gasteiger partial charge in [0.05, 0.1) is 32.8 Å². The summed E-state index contributed by atoms with van der Waals surface area (Å²) in [5, 5.41) is 10.8. The van der Waals surface area contributed by atoms with E-state index in [4.69, 9.17) is 5.73 Å². The highest BCUT2D eigenvalue weighted by Crippen LogP contribution is 2.68. The van der Waals surface area contributed by atoms with Crippen molar-refractivity contribution in [2.75, 3.05) is 33.7 Å². The van der Waals surface area contributed by atoms with Crippen LogP contribution >= 0.6 is 0 Å². The molecular weight excluding hydrogens is 544 g/mol. The lowest BCUT2D eigenvalue weighted by atomic mass is 9.46. The van der Waals surface area contributed by atoms with Gasteiger partial charge in [-0.25, -0.2) is 0 Å². The molecule has 3 fully saturated rings. The quantitative estimate of drug-likeness (QED) is 0.121. The van der Waals surface area contributed by atoms with E-state index in [2.05, 4.69) is 54.8 Å². The van der Waals surface area contributed by atoms with Crippen molar-refractivity contribution in [3.05, 3.63) is 11.6 Å². The van der Waals surface area contributed by atoms with E-state index in [1.54, 1.807) is 0 Å². The molecule has 4 rings (SSSR count). The molecule has 3 saturated carbocycles. The van der Waals surface area contributed by atoms with Crippen molar-refractivity contribution in [2.24, 2.45) is 52.1 Å². The van der Waals surface area contributed by atoms with Crippen LogP contribution in [0.2, 0.25) is 0 Å². The summed E-state index contributed by atoms with van der Waals surface area (Å²) < 4.78 is 36.4. The molecular formula is C35H65N2O4S+. The standard InChI is InChI=1S/C35H64N2O4S/c1-25(2)10-8-11-26(3)29-14-15-30-28-13-12-27-24-35(38,20-19-33(27,4)31(28)16-18-34(29,30)5)32(42(39,40)41)17-23-37(6,7)22-9-21-36/h12,25-26,28-32,38H,8-11,13-24,36H2,1-7H3/p+1/t26-,28+,29-,30+,31+,32?,33+,34-,35?/m1/s1. The van der Waals surface area contributed by atoms with Crippen LogP contribution in [0.5, 0.6) is 0 Å².